The largest absolute Gasteiger partial charge is 0.308 e. The van der Waals surface area contributed by atoms with Crippen molar-refractivity contribution < 1.29 is 0 Å². The summed E-state index contributed by atoms with van der Waals surface area (Å²) < 4.78 is 4.93. The van der Waals surface area contributed by atoms with Crippen molar-refractivity contribution in [1.29, 1.82) is 0 Å². The second kappa shape index (κ2) is 13.0. The van der Waals surface area contributed by atoms with Gasteiger partial charge in [0.2, 0.25) is 0 Å². The zero-order valence-electron chi connectivity index (χ0n) is 33.8. The average molecular weight is 819 g/mol. The Bertz CT molecular complexity index is 3740. The minimum atomic E-state index is -0.476. The number of nitrogens with zero attached hydrogens (tertiary/aromatic N) is 4. The molecule has 5 heteroatoms. The van der Waals surface area contributed by atoms with Crippen LogP contribution in [0.1, 0.15) is 22.3 Å². The molecule has 2 aliphatic carbocycles. The Morgan fingerprint density at radius 3 is 1.52 bits per heavy atom. The van der Waals surface area contributed by atoms with Gasteiger partial charge in [0.05, 0.1) is 26.8 Å². The van der Waals surface area contributed by atoms with E-state index in [-0.39, 0.29) is 0 Å². The predicted molar refractivity (Wildman–Crippen MR) is 260 cm³/mol. The summed E-state index contributed by atoms with van der Waals surface area (Å²) in [7, 11) is 0. The zero-order valence-corrected chi connectivity index (χ0v) is 34.6. The molecule has 0 saturated carbocycles. The van der Waals surface area contributed by atoms with Crippen LogP contribution in [-0.2, 0) is 5.41 Å². The molecular formula is C58H34N4S. The molecule has 0 atom stereocenters. The Hall–Kier alpha value is -7.99. The van der Waals surface area contributed by atoms with E-state index in [0.717, 1.165) is 27.8 Å². The second-order valence-corrected chi connectivity index (χ2v) is 17.6. The van der Waals surface area contributed by atoms with Crippen LogP contribution >= 0.6 is 11.3 Å². The van der Waals surface area contributed by atoms with Crippen molar-refractivity contribution in [3.8, 4) is 62.1 Å². The smallest absolute Gasteiger partial charge is 0.164 e. The number of para-hydroxylation sites is 1. The summed E-state index contributed by atoms with van der Waals surface area (Å²) in [5, 5.41) is 4.87. The molecule has 3 aromatic heterocycles. The van der Waals surface area contributed by atoms with Crippen molar-refractivity contribution in [3.05, 3.63) is 229 Å². The first-order chi connectivity index (χ1) is 31.3. The van der Waals surface area contributed by atoms with Crippen molar-refractivity contribution >= 4 is 53.3 Å². The van der Waals surface area contributed by atoms with Gasteiger partial charge in [-0.2, -0.15) is 0 Å². The first kappa shape index (κ1) is 34.7. The van der Waals surface area contributed by atoms with E-state index in [9.17, 15) is 0 Å². The molecular weight excluding hydrogens is 785 g/mol. The molecule has 14 rings (SSSR count). The number of hydrogen-bond donors (Lipinski definition) is 0. The summed E-state index contributed by atoms with van der Waals surface area (Å²) in [4.78, 5) is 15.5. The molecule has 9 aromatic carbocycles. The van der Waals surface area contributed by atoms with Gasteiger partial charge in [-0.15, -0.1) is 11.3 Å². The summed E-state index contributed by atoms with van der Waals surface area (Å²) >= 11 is 1.84. The average Bonchev–Trinajstić information content (AvgIpc) is 4.08. The van der Waals surface area contributed by atoms with Crippen LogP contribution in [0.2, 0.25) is 0 Å². The number of hydrogen-bond acceptors (Lipinski definition) is 4. The van der Waals surface area contributed by atoms with Crippen molar-refractivity contribution in [2.45, 2.75) is 5.41 Å². The highest BCUT2D eigenvalue weighted by atomic mass is 32.1. The minimum absolute atomic E-state index is 0.476. The second-order valence-electron chi connectivity index (χ2n) is 16.6. The van der Waals surface area contributed by atoms with E-state index in [0.29, 0.717) is 17.5 Å². The van der Waals surface area contributed by atoms with Gasteiger partial charge in [-0.1, -0.05) is 176 Å². The van der Waals surface area contributed by atoms with E-state index < -0.39 is 5.41 Å². The molecule has 0 N–H and O–H groups in total. The third-order valence-electron chi connectivity index (χ3n) is 13.5. The lowest BCUT2D eigenvalue weighted by Crippen LogP contribution is -2.26. The highest BCUT2D eigenvalue weighted by Crippen LogP contribution is 2.64. The first-order valence-corrected chi connectivity index (χ1v) is 22.3. The van der Waals surface area contributed by atoms with Gasteiger partial charge < -0.3 is 4.57 Å². The fourth-order valence-electron chi connectivity index (χ4n) is 11.0. The summed E-state index contributed by atoms with van der Waals surface area (Å²) in [6.07, 6.45) is 0. The lowest BCUT2D eigenvalue weighted by molar-refractivity contribution is 0.802. The van der Waals surface area contributed by atoms with Gasteiger partial charge in [0, 0.05) is 42.9 Å². The van der Waals surface area contributed by atoms with E-state index >= 15 is 0 Å². The van der Waals surface area contributed by atoms with Gasteiger partial charge in [-0.3, -0.25) is 0 Å². The molecule has 0 bridgehead atoms. The Balaban J connectivity index is 1.08. The Kier molecular flexibility index (Phi) is 7.16. The lowest BCUT2D eigenvalue weighted by atomic mass is 9.69. The standard InChI is InChI=1S/C58H34N4S/c1-3-17-35(18-4-1)55-59-56(36-19-5-2-6-20-36)61-57(60-55)43-32-34-49(54-51(43)42-25-11-16-30-50(42)63-54)62-47-29-15-10-24-41(47)52-48(62)33-31-40-39-23-9-14-28-46(39)58(53(40)52)44-26-12-7-21-37(44)38-22-8-13-27-45(38)58/h1-34H. The van der Waals surface area contributed by atoms with Crippen LogP contribution in [0.15, 0.2) is 206 Å². The minimum Gasteiger partial charge on any atom is -0.308 e. The normalized spacial score (nSPS) is 13.2. The van der Waals surface area contributed by atoms with Crippen LogP contribution in [0, 0.1) is 0 Å². The fourth-order valence-corrected chi connectivity index (χ4v) is 12.2. The topological polar surface area (TPSA) is 43.6 Å². The van der Waals surface area contributed by atoms with Gasteiger partial charge in [0.15, 0.2) is 17.5 Å². The maximum absolute atomic E-state index is 5.24. The molecule has 0 saturated heterocycles. The van der Waals surface area contributed by atoms with Crippen molar-refractivity contribution in [3.63, 3.8) is 0 Å². The zero-order chi connectivity index (χ0) is 41.2. The van der Waals surface area contributed by atoms with Gasteiger partial charge in [-0.05, 0) is 74.8 Å². The monoisotopic (exact) mass is 818 g/mol. The maximum Gasteiger partial charge on any atom is 0.164 e. The molecule has 63 heavy (non-hydrogen) atoms. The van der Waals surface area contributed by atoms with E-state index in [4.69, 9.17) is 15.0 Å². The molecule has 4 nitrogen and oxygen atoms in total. The number of fused-ring (bicyclic) bond motifs is 17. The van der Waals surface area contributed by atoms with Crippen LogP contribution < -0.4 is 0 Å². The van der Waals surface area contributed by atoms with E-state index in [1.54, 1.807) is 0 Å². The molecule has 3 heterocycles. The maximum atomic E-state index is 5.24. The molecule has 12 aromatic rings. The molecule has 1 spiro atoms. The Morgan fingerprint density at radius 1 is 0.365 bits per heavy atom. The number of aromatic nitrogens is 4. The SMILES string of the molecule is c1ccc(-c2nc(-c3ccccc3)nc(-c3ccc(-n4c5ccccc5c5c6c(ccc54)-c4ccccc4C64c5ccccc5-c5ccccc54)c4sc5ccccc5c34)n2)cc1. The van der Waals surface area contributed by atoms with Crippen molar-refractivity contribution in [2.75, 3.05) is 0 Å². The Labute approximate surface area is 367 Å². The third-order valence-corrected chi connectivity index (χ3v) is 14.7. The van der Waals surface area contributed by atoms with Crippen LogP contribution in [0.5, 0.6) is 0 Å². The summed E-state index contributed by atoms with van der Waals surface area (Å²) in [5.74, 6) is 1.95. The third kappa shape index (κ3) is 4.66. The highest BCUT2D eigenvalue weighted by molar-refractivity contribution is 7.26. The quantitative estimate of drug-likeness (QED) is 0.178. The molecule has 2 aliphatic rings. The fraction of sp³-hybridized carbons (Fsp3) is 0.0172. The molecule has 0 radical (unpaired) electrons. The lowest BCUT2D eigenvalue weighted by Gasteiger charge is -2.31. The molecule has 0 aliphatic heterocycles. The summed E-state index contributed by atoms with van der Waals surface area (Å²) in [5.41, 5.74) is 16.5. The van der Waals surface area contributed by atoms with E-state index in [2.05, 4.69) is 174 Å². The number of thiophene rings is 1. The van der Waals surface area contributed by atoms with Crippen LogP contribution in [-0.4, -0.2) is 19.5 Å². The van der Waals surface area contributed by atoms with Gasteiger partial charge in [0.1, 0.15) is 0 Å². The van der Waals surface area contributed by atoms with Gasteiger partial charge >= 0.3 is 0 Å². The van der Waals surface area contributed by atoms with Crippen LogP contribution in [0.25, 0.3) is 104 Å². The van der Waals surface area contributed by atoms with E-state index in [1.165, 1.54) is 81.1 Å². The summed E-state index contributed by atoms with van der Waals surface area (Å²) in [6, 6.07) is 74.8. The van der Waals surface area contributed by atoms with Crippen molar-refractivity contribution in [2.24, 2.45) is 0 Å². The van der Waals surface area contributed by atoms with E-state index in [1.807, 2.05) is 47.7 Å². The highest BCUT2D eigenvalue weighted by Gasteiger charge is 2.52. The van der Waals surface area contributed by atoms with Gasteiger partial charge in [-0.25, -0.2) is 15.0 Å². The molecule has 0 fully saturated rings. The summed E-state index contributed by atoms with van der Waals surface area (Å²) in [6.45, 7) is 0. The molecule has 292 valence electrons. The molecule has 0 unspecified atom stereocenters. The number of rotatable bonds is 4. The molecule has 0 amide bonds. The van der Waals surface area contributed by atoms with Crippen LogP contribution in [0.4, 0.5) is 0 Å². The van der Waals surface area contributed by atoms with Crippen molar-refractivity contribution in [1.82, 2.24) is 19.5 Å². The Morgan fingerprint density at radius 2 is 0.873 bits per heavy atom. The van der Waals surface area contributed by atoms with Crippen LogP contribution in [0.3, 0.4) is 0 Å². The predicted octanol–water partition coefficient (Wildman–Crippen LogP) is 14.7. The first-order valence-electron chi connectivity index (χ1n) is 21.5. The van der Waals surface area contributed by atoms with Gasteiger partial charge in [0.25, 0.3) is 0 Å². The number of benzene rings is 9.